The van der Waals surface area contributed by atoms with E-state index in [0.29, 0.717) is 32.6 Å². The maximum atomic E-state index is 14.3. The second kappa shape index (κ2) is 19.4. The minimum absolute atomic E-state index is 0.0379. The molecule has 0 aromatic rings. The lowest BCUT2D eigenvalue weighted by molar-refractivity contribution is -0.142. The summed E-state index contributed by atoms with van der Waals surface area (Å²) in [5, 5.41) is 11.2. The highest BCUT2D eigenvalue weighted by Gasteiger charge is 2.46. The van der Waals surface area contributed by atoms with Crippen LogP contribution >= 0.6 is 11.9 Å². The van der Waals surface area contributed by atoms with Crippen molar-refractivity contribution in [1.82, 2.24) is 35.4 Å². The fourth-order valence-electron chi connectivity index (χ4n) is 6.00. The van der Waals surface area contributed by atoms with Crippen LogP contribution in [0.1, 0.15) is 74.7 Å². The molecule has 284 valence electrons. The second-order valence-electron chi connectivity index (χ2n) is 15.9. The highest BCUT2D eigenvalue weighted by Crippen LogP contribution is 2.32. The first kappa shape index (κ1) is 42.9. The number of nitrogens with one attached hydrogen (secondary N) is 4. The first-order valence-corrected chi connectivity index (χ1v) is 18.7. The summed E-state index contributed by atoms with van der Waals surface area (Å²) in [5.41, 5.74) is -0.993. The van der Waals surface area contributed by atoms with Gasteiger partial charge in [-0.25, -0.2) is 13.6 Å². The standard InChI is InChI=1S/C34H63F2N7O5S/c1-22(2)23-18-25(30(45)38-24(19-27(35)36)29(44)37-12-11-13-42-14-16-48-17-15-42)43(20-23)31(46)28(34(6,7)8)40-32(47)39-26(33(3,4)5)21-41(9)49-10/h22-28H,11-21H2,1-10H3,(H,37,44)(H,38,45)(H2,39,40,47)/t23?,24-,25-,26+,28+/m0/s1. The van der Waals surface area contributed by atoms with Crippen LogP contribution < -0.4 is 21.3 Å². The summed E-state index contributed by atoms with van der Waals surface area (Å²) in [4.78, 5) is 58.2. The van der Waals surface area contributed by atoms with Crippen LogP contribution in [0.5, 0.6) is 0 Å². The summed E-state index contributed by atoms with van der Waals surface area (Å²) in [7, 11) is 1.94. The summed E-state index contributed by atoms with van der Waals surface area (Å²) < 4.78 is 34.6. The van der Waals surface area contributed by atoms with Gasteiger partial charge in [0, 0.05) is 45.2 Å². The maximum absolute atomic E-state index is 14.3. The predicted octanol–water partition coefficient (Wildman–Crippen LogP) is 3.18. The van der Waals surface area contributed by atoms with E-state index in [1.165, 1.54) is 4.90 Å². The van der Waals surface area contributed by atoms with Gasteiger partial charge in [0.15, 0.2) is 0 Å². The number of carbonyl (C=O) groups excluding carboxylic acids is 4. The molecule has 0 aromatic heterocycles. The molecule has 4 N–H and O–H groups in total. The number of nitrogens with zero attached hydrogens (tertiary/aromatic N) is 3. The number of ether oxygens (including phenoxy) is 1. The number of likely N-dealkylation sites (N-methyl/N-ethyl adjacent to an activating group) is 1. The Balaban J connectivity index is 2.20. The van der Waals surface area contributed by atoms with Crippen LogP contribution in [-0.2, 0) is 19.1 Å². The first-order chi connectivity index (χ1) is 22.7. The first-order valence-electron chi connectivity index (χ1n) is 17.5. The molecule has 0 spiro atoms. The van der Waals surface area contributed by atoms with E-state index in [1.54, 1.807) is 11.9 Å². The summed E-state index contributed by atoms with van der Waals surface area (Å²) in [5.74, 6) is -1.68. The third-order valence-corrected chi connectivity index (χ3v) is 10.2. The van der Waals surface area contributed by atoms with Gasteiger partial charge in [-0.1, -0.05) is 67.3 Å². The zero-order chi connectivity index (χ0) is 37.1. The Kier molecular flexibility index (Phi) is 17.0. The average Bonchev–Trinajstić information content (AvgIpc) is 3.46. The van der Waals surface area contributed by atoms with Gasteiger partial charge in [-0.2, -0.15) is 0 Å². The molecule has 2 aliphatic heterocycles. The van der Waals surface area contributed by atoms with Gasteiger partial charge in [-0.05, 0) is 55.4 Å². The minimum atomic E-state index is -2.82. The van der Waals surface area contributed by atoms with Gasteiger partial charge >= 0.3 is 6.03 Å². The van der Waals surface area contributed by atoms with E-state index in [0.717, 1.165) is 19.6 Å². The Morgan fingerprint density at radius 1 is 0.980 bits per heavy atom. The molecule has 15 heteroatoms. The van der Waals surface area contributed by atoms with Crippen molar-refractivity contribution < 1.29 is 32.7 Å². The molecule has 0 bridgehead atoms. The van der Waals surface area contributed by atoms with Gasteiger partial charge in [0.2, 0.25) is 24.1 Å². The number of carbonyl (C=O) groups is 4. The number of amides is 5. The Hall–Kier alpha value is -2.23. The average molecular weight is 720 g/mol. The van der Waals surface area contributed by atoms with Gasteiger partial charge in [-0.3, -0.25) is 23.6 Å². The SMILES string of the molecule is CSN(C)C[C@@H](NC(=O)N[C@H](C(=O)N1CC(C(C)C)C[C@H]1C(=O)N[C@@H](CC(F)F)C(=O)NCCCN1CCOCC1)C(C)(C)C)C(C)(C)C. The Bertz CT molecular complexity index is 1080. The number of urea groups is 1. The van der Waals surface area contributed by atoms with Crippen molar-refractivity contribution in [3.8, 4) is 0 Å². The van der Waals surface area contributed by atoms with E-state index < -0.39 is 60.1 Å². The topological polar surface area (TPSA) is 135 Å². The molecule has 2 rings (SSSR count). The molecule has 12 nitrogen and oxygen atoms in total. The predicted molar refractivity (Wildman–Crippen MR) is 190 cm³/mol. The lowest BCUT2D eigenvalue weighted by Gasteiger charge is -2.37. The van der Waals surface area contributed by atoms with Crippen molar-refractivity contribution in [3.05, 3.63) is 0 Å². The molecule has 2 aliphatic rings. The smallest absolute Gasteiger partial charge is 0.315 e. The van der Waals surface area contributed by atoms with Crippen molar-refractivity contribution in [2.45, 2.75) is 105 Å². The molecule has 5 amide bonds. The second-order valence-corrected chi connectivity index (χ2v) is 16.8. The number of hydrogen-bond acceptors (Lipinski definition) is 8. The van der Waals surface area contributed by atoms with Crippen LogP contribution in [0.2, 0.25) is 0 Å². The van der Waals surface area contributed by atoms with Crippen molar-refractivity contribution >= 4 is 35.7 Å². The van der Waals surface area contributed by atoms with Crippen LogP contribution in [0.15, 0.2) is 0 Å². The van der Waals surface area contributed by atoms with E-state index >= 15 is 0 Å². The summed E-state index contributed by atoms with van der Waals surface area (Å²) in [6, 6.07) is -4.15. The third-order valence-electron chi connectivity index (χ3n) is 9.45. The van der Waals surface area contributed by atoms with Gasteiger partial charge < -0.3 is 30.9 Å². The van der Waals surface area contributed by atoms with Gasteiger partial charge in [0.1, 0.15) is 18.1 Å². The highest BCUT2D eigenvalue weighted by molar-refractivity contribution is 7.96. The summed E-state index contributed by atoms with van der Waals surface area (Å²) in [6.45, 7) is 20.4. The van der Waals surface area contributed by atoms with Crippen molar-refractivity contribution in [2.24, 2.45) is 22.7 Å². The number of rotatable bonds is 16. The molecule has 0 saturated carbocycles. The van der Waals surface area contributed by atoms with Crippen molar-refractivity contribution in [2.75, 3.05) is 65.8 Å². The van der Waals surface area contributed by atoms with Crippen LogP contribution in [0.4, 0.5) is 13.6 Å². The minimum Gasteiger partial charge on any atom is -0.379 e. The Labute approximate surface area is 297 Å². The molecule has 1 unspecified atom stereocenters. The van der Waals surface area contributed by atoms with E-state index in [-0.39, 0.29) is 36.4 Å². The van der Waals surface area contributed by atoms with E-state index in [4.69, 9.17) is 4.74 Å². The molecule has 49 heavy (non-hydrogen) atoms. The Morgan fingerprint density at radius 3 is 2.14 bits per heavy atom. The monoisotopic (exact) mass is 719 g/mol. The molecule has 0 radical (unpaired) electrons. The fourth-order valence-corrected chi connectivity index (χ4v) is 6.29. The van der Waals surface area contributed by atoms with Crippen LogP contribution in [0.25, 0.3) is 0 Å². The Morgan fingerprint density at radius 2 is 1.61 bits per heavy atom. The molecule has 0 aliphatic carbocycles. The summed E-state index contributed by atoms with van der Waals surface area (Å²) in [6.07, 6.45) is -0.774. The van der Waals surface area contributed by atoms with Crippen LogP contribution in [0.3, 0.4) is 0 Å². The van der Waals surface area contributed by atoms with E-state index in [9.17, 15) is 28.0 Å². The number of hydrogen-bond donors (Lipinski definition) is 4. The number of likely N-dealkylation sites (tertiary alicyclic amines) is 1. The largest absolute Gasteiger partial charge is 0.379 e. The van der Waals surface area contributed by atoms with Gasteiger partial charge in [0.05, 0.1) is 13.2 Å². The van der Waals surface area contributed by atoms with Crippen LogP contribution in [-0.4, -0.2) is 134 Å². The molecule has 0 aromatic carbocycles. The molecular weight excluding hydrogens is 656 g/mol. The lowest BCUT2D eigenvalue weighted by Crippen LogP contribution is -2.61. The fraction of sp³-hybridized carbons (Fsp3) is 0.882. The quantitative estimate of drug-likeness (QED) is 0.141. The van der Waals surface area contributed by atoms with E-state index in [1.807, 2.05) is 73.0 Å². The number of alkyl halides is 2. The number of morpholine rings is 1. The lowest BCUT2D eigenvalue weighted by atomic mass is 9.85. The normalized spacial score (nSPS) is 21.1. The zero-order valence-corrected chi connectivity index (χ0v) is 32.2. The summed E-state index contributed by atoms with van der Waals surface area (Å²) >= 11 is 1.55. The van der Waals surface area contributed by atoms with Crippen LogP contribution in [0, 0.1) is 22.7 Å². The molecule has 2 saturated heterocycles. The molecule has 5 atom stereocenters. The van der Waals surface area contributed by atoms with Crippen molar-refractivity contribution in [1.29, 1.82) is 0 Å². The number of halogens is 2. The molecular formula is C34H63F2N7O5S. The van der Waals surface area contributed by atoms with E-state index in [2.05, 4.69) is 26.2 Å². The zero-order valence-electron chi connectivity index (χ0n) is 31.4. The third kappa shape index (κ3) is 14.1. The maximum Gasteiger partial charge on any atom is 0.315 e. The molecule has 2 heterocycles. The van der Waals surface area contributed by atoms with Gasteiger partial charge in [-0.15, -0.1) is 0 Å². The van der Waals surface area contributed by atoms with Gasteiger partial charge in [0.25, 0.3) is 0 Å². The van der Waals surface area contributed by atoms with Crippen molar-refractivity contribution in [3.63, 3.8) is 0 Å². The highest BCUT2D eigenvalue weighted by atomic mass is 32.2. The molecule has 2 fully saturated rings.